The monoisotopic (exact) mass is 324 g/mol. The third-order valence-corrected chi connectivity index (χ3v) is 5.13. The molecule has 0 bridgehead atoms. The summed E-state index contributed by atoms with van der Waals surface area (Å²) in [4.78, 5) is 0.192. The summed E-state index contributed by atoms with van der Waals surface area (Å²) in [6.45, 7) is 3.52. The molecular weight excluding hydrogens is 308 g/mol. The van der Waals surface area contributed by atoms with Crippen LogP contribution in [0.1, 0.15) is 24.1 Å². The second-order valence-corrected chi connectivity index (χ2v) is 7.04. The molecule has 1 atom stereocenters. The lowest BCUT2D eigenvalue weighted by molar-refractivity contribution is 0.566. The molecule has 0 radical (unpaired) electrons. The molecule has 0 aliphatic carbocycles. The molecule has 6 heteroatoms. The largest absolute Gasteiger partial charge is 0.399 e. The van der Waals surface area contributed by atoms with Crippen LogP contribution in [0.25, 0.3) is 0 Å². The Morgan fingerprint density at radius 1 is 1.14 bits per heavy atom. The second-order valence-electron chi connectivity index (χ2n) is 4.92. The van der Waals surface area contributed by atoms with Gasteiger partial charge in [0, 0.05) is 16.8 Å². The minimum atomic E-state index is -3.64. The predicted octanol–water partition coefficient (Wildman–Crippen LogP) is 3.27. The Balaban J connectivity index is 2.28. The van der Waals surface area contributed by atoms with Gasteiger partial charge < -0.3 is 5.73 Å². The third-order valence-electron chi connectivity index (χ3n) is 3.21. The standard InChI is InChI=1S/C15H17ClN2O2S/c1-10-3-6-13(16)9-15(10)21(19,20)18-11(2)12-4-7-14(17)8-5-12/h3-9,11,18H,17H2,1-2H3. The molecule has 3 N–H and O–H groups in total. The SMILES string of the molecule is Cc1ccc(Cl)cc1S(=O)(=O)NC(C)c1ccc(N)cc1. The van der Waals surface area contributed by atoms with Crippen LogP contribution in [0.4, 0.5) is 5.69 Å². The van der Waals surface area contributed by atoms with Gasteiger partial charge in [-0.25, -0.2) is 13.1 Å². The van der Waals surface area contributed by atoms with Crippen molar-refractivity contribution < 1.29 is 8.42 Å². The lowest BCUT2D eigenvalue weighted by Gasteiger charge is -2.16. The number of sulfonamides is 1. The van der Waals surface area contributed by atoms with Crippen molar-refractivity contribution in [1.29, 1.82) is 0 Å². The van der Waals surface area contributed by atoms with Crippen LogP contribution in [-0.2, 0) is 10.0 Å². The average molecular weight is 325 g/mol. The first kappa shape index (κ1) is 15.8. The van der Waals surface area contributed by atoms with E-state index >= 15 is 0 Å². The number of nitrogens with two attached hydrogens (primary N) is 1. The van der Waals surface area contributed by atoms with Crippen LogP contribution in [0.3, 0.4) is 0 Å². The van der Waals surface area contributed by atoms with Gasteiger partial charge in [-0.05, 0) is 49.2 Å². The van der Waals surface area contributed by atoms with E-state index in [-0.39, 0.29) is 10.9 Å². The van der Waals surface area contributed by atoms with Crippen molar-refractivity contribution in [2.24, 2.45) is 0 Å². The number of halogens is 1. The van der Waals surface area contributed by atoms with Crippen LogP contribution in [0.5, 0.6) is 0 Å². The molecule has 21 heavy (non-hydrogen) atoms. The Hall–Kier alpha value is -1.56. The molecular formula is C15H17ClN2O2S. The van der Waals surface area contributed by atoms with E-state index in [2.05, 4.69) is 4.72 Å². The molecule has 0 saturated carbocycles. The highest BCUT2D eigenvalue weighted by atomic mass is 35.5. The van der Waals surface area contributed by atoms with Crippen LogP contribution in [0, 0.1) is 6.92 Å². The van der Waals surface area contributed by atoms with Gasteiger partial charge in [0.2, 0.25) is 10.0 Å². The molecule has 0 heterocycles. The number of benzene rings is 2. The summed E-state index contributed by atoms with van der Waals surface area (Å²) in [5.41, 5.74) is 7.76. The number of nitrogen functional groups attached to an aromatic ring is 1. The van der Waals surface area contributed by atoms with Gasteiger partial charge in [0.05, 0.1) is 4.90 Å². The lowest BCUT2D eigenvalue weighted by atomic mass is 10.1. The van der Waals surface area contributed by atoms with Gasteiger partial charge in [0.15, 0.2) is 0 Å². The molecule has 0 aromatic heterocycles. The van der Waals surface area contributed by atoms with Crippen LogP contribution in [0.2, 0.25) is 5.02 Å². The van der Waals surface area contributed by atoms with Crippen molar-refractivity contribution in [1.82, 2.24) is 4.72 Å². The van der Waals surface area contributed by atoms with Crippen molar-refractivity contribution in [3.8, 4) is 0 Å². The summed E-state index contributed by atoms with van der Waals surface area (Å²) in [5.74, 6) is 0. The summed E-state index contributed by atoms with van der Waals surface area (Å²) >= 11 is 5.89. The van der Waals surface area contributed by atoms with Crippen LogP contribution >= 0.6 is 11.6 Å². The van der Waals surface area contributed by atoms with Crippen LogP contribution in [-0.4, -0.2) is 8.42 Å². The van der Waals surface area contributed by atoms with E-state index in [0.717, 1.165) is 5.56 Å². The minimum absolute atomic E-state index is 0.192. The summed E-state index contributed by atoms with van der Waals surface area (Å²) < 4.78 is 27.6. The molecule has 0 aliphatic heterocycles. The van der Waals surface area contributed by atoms with Gasteiger partial charge in [-0.15, -0.1) is 0 Å². The highest BCUT2D eigenvalue weighted by molar-refractivity contribution is 7.89. The fourth-order valence-electron chi connectivity index (χ4n) is 2.01. The Labute approximate surface area is 130 Å². The normalized spacial score (nSPS) is 13.1. The Kier molecular flexibility index (Phi) is 4.56. The molecule has 0 aliphatic rings. The van der Waals surface area contributed by atoms with E-state index in [1.165, 1.54) is 6.07 Å². The van der Waals surface area contributed by atoms with Gasteiger partial charge in [0.25, 0.3) is 0 Å². The number of hydrogen-bond donors (Lipinski definition) is 2. The van der Waals surface area contributed by atoms with Gasteiger partial charge in [-0.3, -0.25) is 0 Å². The maximum absolute atomic E-state index is 12.5. The smallest absolute Gasteiger partial charge is 0.241 e. The summed E-state index contributed by atoms with van der Waals surface area (Å²) in [6, 6.07) is 11.5. The average Bonchev–Trinajstić information content (AvgIpc) is 2.41. The fourth-order valence-corrected chi connectivity index (χ4v) is 3.75. The van der Waals surface area contributed by atoms with Crippen molar-refractivity contribution in [2.45, 2.75) is 24.8 Å². The number of rotatable bonds is 4. The first-order valence-corrected chi connectivity index (χ1v) is 8.29. The Morgan fingerprint density at radius 3 is 2.38 bits per heavy atom. The summed E-state index contributed by atoms with van der Waals surface area (Å²) in [6.07, 6.45) is 0. The predicted molar refractivity (Wildman–Crippen MR) is 85.8 cm³/mol. The van der Waals surface area contributed by atoms with E-state index in [1.54, 1.807) is 50.2 Å². The molecule has 112 valence electrons. The highest BCUT2D eigenvalue weighted by Crippen LogP contribution is 2.23. The molecule has 0 amide bonds. The topological polar surface area (TPSA) is 72.2 Å². The fraction of sp³-hybridized carbons (Fsp3) is 0.200. The zero-order valence-corrected chi connectivity index (χ0v) is 13.4. The van der Waals surface area contributed by atoms with Crippen LogP contribution < -0.4 is 10.5 Å². The summed E-state index contributed by atoms with van der Waals surface area (Å²) in [7, 11) is -3.64. The van der Waals surface area contributed by atoms with Crippen molar-refractivity contribution in [3.63, 3.8) is 0 Å². The number of hydrogen-bond acceptors (Lipinski definition) is 3. The lowest BCUT2D eigenvalue weighted by Crippen LogP contribution is -2.27. The maximum atomic E-state index is 12.5. The van der Waals surface area contributed by atoms with Gasteiger partial charge in [-0.1, -0.05) is 29.8 Å². The molecule has 2 rings (SSSR count). The quantitative estimate of drug-likeness (QED) is 0.848. The highest BCUT2D eigenvalue weighted by Gasteiger charge is 2.20. The van der Waals surface area contributed by atoms with E-state index < -0.39 is 10.0 Å². The van der Waals surface area contributed by atoms with Crippen molar-refractivity contribution in [3.05, 3.63) is 58.6 Å². The summed E-state index contributed by atoms with van der Waals surface area (Å²) in [5, 5.41) is 0.390. The van der Waals surface area contributed by atoms with Crippen molar-refractivity contribution in [2.75, 3.05) is 5.73 Å². The van der Waals surface area contributed by atoms with Gasteiger partial charge in [0.1, 0.15) is 0 Å². The Morgan fingerprint density at radius 2 is 1.76 bits per heavy atom. The Bertz CT molecular complexity index is 743. The minimum Gasteiger partial charge on any atom is -0.399 e. The first-order valence-electron chi connectivity index (χ1n) is 6.43. The van der Waals surface area contributed by atoms with E-state index in [1.807, 2.05) is 0 Å². The number of nitrogens with one attached hydrogen (secondary N) is 1. The zero-order valence-electron chi connectivity index (χ0n) is 11.8. The number of anilines is 1. The van der Waals surface area contributed by atoms with Gasteiger partial charge >= 0.3 is 0 Å². The second kappa shape index (κ2) is 6.05. The van der Waals surface area contributed by atoms with E-state index in [4.69, 9.17) is 17.3 Å². The van der Waals surface area contributed by atoms with Crippen molar-refractivity contribution >= 4 is 27.3 Å². The molecule has 2 aromatic carbocycles. The molecule has 0 saturated heterocycles. The molecule has 2 aromatic rings. The molecule has 4 nitrogen and oxygen atoms in total. The number of aryl methyl sites for hydroxylation is 1. The van der Waals surface area contributed by atoms with Gasteiger partial charge in [-0.2, -0.15) is 0 Å². The molecule has 0 fully saturated rings. The molecule has 0 spiro atoms. The van der Waals surface area contributed by atoms with E-state index in [9.17, 15) is 8.42 Å². The van der Waals surface area contributed by atoms with E-state index in [0.29, 0.717) is 16.3 Å². The first-order chi connectivity index (χ1) is 9.79. The third kappa shape index (κ3) is 3.75. The zero-order chi connectivity index (χ0) is 15.6. The molecule has 1 unspecified atom stereocenters. The maximum Gasteiger partial charge on any atom is 0.241 e. The van der Waals surface area contributed by atoms with Crippen LogP contribution in [0.15, 0.2) is 47.4 Å².